The number of carbonyl (C=O) groups excluding carboxylic acids is 1. The molecular formula is C36H50IrNO2-. The van der Waals surface area contributed by atoms with Gasteiger partial charge >= 0.3 is 0 Å². The van der Waals surface area contributed by atoms with Gasteiger partial charge in [-0.1, -0.05) is 87.4 Å². The summed E-state index contributed by atoms with van der Waals surface area (Å²) in [5.41, 5.74) is 5.31. The number of aromatic nitrogens is 1. The van der Waals surface area contributed by atoms with Crippen molar-refractivity contribution in [3.05, 3.63) is 77.2 Å². The van der Waals surface area contributed by atoms with Gasteiger partial charge in [0, 0.05) is 43.2 Å². The molecule has 3 aromatic rings. The fourth-order valence-electron chi connectivity index (χ4n) is 4.75. The maximum Gasteiger partial charge on any atom is 0.164 e. The first-order valence-electron chi connectivity index (χ1n) is 14.7. The molecule has 4 heteroatoms. The Hall–Kier alpha value is -2.29. The summed E-state index contributed by atoms with van der Waals surface area (Å²) >= 11 is 0. The van der Waals surface area contributed by atoms with Crippen LogP contribution in [0.4, 0.5) is 0 Å². The van der Waals surface area contributed by atoms with E-state index in [4.69, 9.17) is 0 Å². The first kappa shape index (κ1) is 35.7. The standard InChI is InChI=1S/C21H22N.C15H28O2.Ir/c1-14(2)9-17-5-6-20-18(13-17)7-8-22-21(20)19-11-15(3)10-16(4)12-19;1-7-14(5,8-2)12(16)11-13(17)15(6,9-3)10-4;/h5-8,10-11,13-14H,9H2,1-4H3;11,16H,7-10H2,1-6H3;/q-1;;/b;12-11-;. The van der Waals surface area contributed by atoms with E-state index in [0.717, 1.165) is 48.9 Å². The average molecular weight is 721 g/mol. The number of fused-ring (bicyclic) bond motifs is 1. The molecule has 1 heterocycles. The summed E-state index contributed by atoms with van der Waals surface area (Å²) in [4.78, 5) is 16.8. The molecule has 40 heavy (non-hydrogen) atoms. The van der Waals surface area contributed by atoms with Gasteiger partial charge in [-0.05, 0) is 66.1 Å². The van der Waals surface area contributed by atoms with Crippen molar-refractivity contribution in [2.45, 2.75) is 101 Å². The molecule has 0 aliphatic heterocycles. The molecule has 1 aromatic heterocycles. The molecule has 221 valence electrons. The van der Waals surface area contributed by atoms with Crippen LogP contribution in [0, 0.1) is 36.7 Å². The van der Waals surface area contributed by atoms with E-state index in [1.54, 1.807) is 0 Å². The monoisotopic (exact) mass is 721 g/mol. The van der Waals surface area contributed by atoms with Crippen LogP contribution in [-0.4, -0.2) is 15.9 Å². The molecule has 0 saturated carbocycles. The molecule has 0 amide bonds. The van der Waals surface area contributed by atoms with Gasteiger partial charge < -0.3 is 10.1 Å². The number of allylic oxidation sites excluding steroid dienone is 2. The fourth-order valence-corrected chi connectivity index (χ4v) is 4.75. The Labute approximate surface area is 257 Å². The molecule has 0 aliphatic carbocycles. The van der Waals surface area contributed by atoms with Gasteiger partial charge in [0.2, 0.25) is 0 Å². The first-order valence-corrected chi connectivity index (χ1v) is 14.7. The molecule has 1 N–H and O–H groups in total. The van der Waals surface area contributed by atoms with Crippen LogP contribution in [0.15, 0.2) is 54.4 Å². The third-order valence-corrected chi connectivity index (χ3v) is 8.48. The summed E-state index contributed by atoms with van der Waals surface area (Å²) in [6.45, 7) is 20.8. The van der Waals surface area contributed by atoms with Crippen LogP contribution in [0.3, 0.4) is 0 Å². The number of ketones is 1. The second kappa shape index (κ2) is 15.6. The van der Waals surface area contributed by atoms with Crippen LogP contribution >= 0.6 is 0 Å². The van der Waals surface area contributed by atoms with Gasteiger partial charge in [0.25, 0.3) is 0 Å². The smallest absolute Gasteiger partial charge is 0.164 e. The predicted molar refractivity (Wildman–Crippen MR) is 167 cm³/mol. The molecule has 1 radical (unpaired) electrons. The van der Waals surface area contributed by atoms with E-state index < -0.39 is 0 Å². The second-order valence-electron chi connectivity index (χ2n) is 12.0. The molecule has 0 spiro atoms. The minimum Gasteiger partial charge on any atom is -0.512 e. The van der Waals surface area contributed by atoms with E-state index >= 15 is 0 Å². The molecule has 0 fully saturated rings. The van der Waals surface area contributed by atoms with Crippen molar-refractivity contribution < 1.29 is 30.0 Å². The number of carbonyl (C=O) groups is 1. The zero-order chi connectivity index (χ0) is 29.4. The van der Waals surface area contributed by atoms with Crippen molar-refractivity contribution in [3.63, 3.8) is 0 Å². The molecule has 0 aliphatic rings. The van der Waals surface area contributed by atoms with Crippen molar-refractivity contribution in [2.75, 3.05) is 0 Å². The fraction of sp³-hybridized carbons (Fsp3) is 0.500. The number of aryl methyl sites for hydroxylation is 2. The Morgan fingerprint density at radius 2 is 1.55 bits per heavy atom. The maximum atomic E-state index is 12.2. The van der Waals surface area contributed by atoms with E-state index in [2.05, 4.69) is 75.1 Å². The largest absolute Gasteiger partial charge is 0.512 e. The molecule has 0 saturated heterocycles. The summed E-state index contributed by atoms with van der Waals surface area (Å²) in [5, 5.41) is 12.6. The van der Waals surface area contributed by atoms with E-state index in [-0.39, 0.29) is 42.5 Å². The van der Waals surface area contributed by atoms with Crippen molar-refractivity contribution in [1.29, 1.82) is 0 Å². The Kier molecular flexibility index (Phi) is 14.0. The van der Waals surface area contributed by atoms with E-state index in [1.807, 2.05) is 47.7 Å². The Balaban J connectivity index is 0.000000406. The summed E-state index contributed by atoms with van der Waals surface area (Å²) in [6.07, 6.45) is 7.77. The quantitative estimate of drug-likeness (QED) is 0.129. The minimum atomic E-state index is -0.337. The number of aliphatic hydroxyl groups is 1. The van der Waals surface area contributed by atoms with Crippen LogP contribution in [0.5, 0.6) is 0 Å². The SMILES string of the molecule is CCC(C)(CC)C(=O)/C=C(\O)C(C)(CC)CC.Cc1[c-]c(-c2nccc3cc(CC(C)C)ccc23)cc(C)c1.[Ir]. The second-order valence-corrected chi connectivity index (χ2v) is 12.0. The molecule has 3 rings (SSSR count). The Morgan fingerprint density at radius 3 is 2.08 bits per heavy atom. The van der Waals surface area contributed by atoms with Gasteiger partial charge in [-0.25, -0.2) is 0 Å². The van der Waals surface area contributed by atoms with Gasteiger partial charge in [-0.2, -0.15) is 0 Å². The van der Waals surface area contributed by atoms with Gasteiger partial charge in [-0.3, -0.25) is 4.79 Å². The molecule has 3 nitrogen and oxygen atoms in total. The number of pyridine rings is 1. The maximum absolute atomic E-state index is 12.2. The molecule has 2 aromatic carbocycles. The zero-order valence-electron chi connectivity index (χ0n) is 26.4. The predicted octanol–water partition coefficient (Wildman–Crippen LogP) is 10.2. The molecular weight excluding hydrogens is 671 g/mol. The number of nitrogens with zero attached hydrogens (tertiary/aromatic N) is 1. The van der Waals surface area contributed by atoms with Crippen molar-refractivity contribution >= 4 is 16.6 Å². The molecule has 0 unspecified atom stereocenters. The number of hydrogen-bond donors (Lipinski definition) is 1. The van der Waals surface area contributed by atoms with Crippen LogP contribution < -0.4 is 0 Å². The van der Waals surface area contributed by atoms with E-state index in [1.165, 1.54) is 28.0 Å². The van der Waals surface area contributed by atoms with E-state index in [9.17, 15) is 9.90 Å². The van der Waals surface area contributed by atoms with Crippen molar-refractivity contribution in [2.24, 2.45) is 16.7 Å². The third kappa shape index (κ3) is 9.11. The van der Waals surface area contributed by atoms with Gasteiger partial charge in [0.05, 0.1) is 0 Å². The Bertz CT molecular complexity index is 1260. The number of hydrogen-bond acceptors (Lipinski definition) is 3. The van der Waals surface area contributed by atoms with Crippen LogP contribution in [0.25, 0.3) is 22.0 Å². The van der Waals surface area contributed by atoms with Crippen LogP contribution in [0.1, 0.15) is 97.8 Å². The summed E-state index contributed by atoms with van der Waals surface area (Å²) in [7, 11) is 0. The summed E-state index contributed by atoms with van der Waals surface area (Å²) < 4.78 is 0. The minimum absolute atomic E-state index is 0. The van der Waals surface area contributed by atoms with Crippen molar-refractivity contribution in [1.82, 2.24) is 4.98 Å². The Morgan fingerprint density at radius 1 is 0.950 bits per heavy atom. The van der Waals surface area contributed by atoms with Crippen molar-refractivity contribution in [3.8, 4) is 11.3 Å². The third-order valence-electron chi connectivity index (χ3n) is 8.48. The number of benzene rings is 2. The van der Waals surface area contributed by atoms with Gasteiger partial charge in [-0.15, -0.1) is 34.9 Å². The average Bonchev–Trinajstić information content (AvgIpc) is 2.90. The van der Waals surface area contributed by atoms with Crippen LogP contribution in [-0.2, 0) is 31.3 Å². The van der Waals surface area contributed by atoms with Gasteiger partial charge in [0.1, 0.15) is 5.76 Å². The van der Waals surface area contributed by atoms with Gasteiger partial charge in [0.15, 0.2) is 5.78 Å². The zero-order valence-corrected chi connectivity index (χ0v) is 28.8. The molecule has 0 bridgehead atoms. The van der Waals surface area contributed by atoms with E-state index in [0.29, 0.717) is 5.92 Å². The number of aliphatic hydroxyl groups excluding tert-OH is 1. The molecule has 0 atom stereocenters. The van der Waals surface area contributed by atoms with Crippen LogP contribution in [0.2, 0.25) is 0 Å². The number of rotatable bonds is 10. The summed E-state index contributed by atoms with van der Waals surface area (Å²) in [5.74, 6) is 0.959. The normalized spacial score (nSPS) is 12.1. The summed E-state index contributed by atoms with van der Waals surface area (Å²) in [6, 6.07) is 16.6. The topological polar surface area (TPSA) is 50.2 Å². The first-order chi connectivity index (χ1) is 18.3.